The molecule has 0 saturated carbocycles. The number of nitrogens with zero attached hydrogens (tertiary/aromatic N) is 2. The smallest absolute Gasteiger partial charge is 0.319 e. The van der Waals surface area contributed by atoms with E-state index in [0.717, 1.165) is 19.3 Å². The van der Waals surface area contributed by atoms with Crippen molar-refractivity contribution < 1.29 is 9.59 Å². The average Bonchev–Trinajstić information content (AvgIpc) is 2.63. The van der Waals surface area contributed by atoms with Crippen molar-refractivity contribution in [2.45, 2.75) is 45.2 Å². The Morgan fingerprint density at radius 2 is 1.54 bits per heavy atom. The van der Waals surface area contributed by atoms with Crippen molar-refractivity contribution in [3.8, 4) is 0 Å². The maximum Gasteiger partial charge on any atom is 0.332 e. The normalized spacial score (nSPS) is 19.9. The van der Waals surface area contributed by atoms with Gasteiger partial charge in [-0.25, -0.2) is 9.69 Å². The van der Waals surface area contributed by atoms with E-state index in [4.69, 9.17) is 11.6 Å². The summed E-state index contributed by atoms with van der Waals surface area (Å²) >= 11 is 5.94. The summed E-state index contributed by atoms with van der Waals surface area (Å²) in [6, 6.07) is 15.7. The van der Waals surface area contributed by atoms with Crippen molar-refractivity contribution >= 4 is 29.2 Å². The molecule has 0 aromatic heterocycles. The van der Waals surface area contributed by atoms with E-state index in [1.54, 1.807) is 36.4 Å². The first-order valence-electron chi connectivity index (χ1n) is 8.96. The highest BCUT2D eigenvalue weighted by atomic mass is 35.5. The second-order valence-electron chi connectivity index (χ2n) is 6.80. The topological polar surface area (TPSA) is 40.6 Å². The minimum atomic E-state index is -0.345. The fourth-order valence-corrected chi connectivity index (χ4v) is 3.65. The number of halogens is 1. The Morgan fingerprint density at radius 1 is 0.962 bits per heavy atom. The van der Waals surface area contributed by atoms with Crippen molar-refractivity contribution in [3.05, 3.63) is 65.2 Å². The Morgan fingerprint density at radius 3 is 2.12 bits per heavy atom. The molecule has 4 nitrogen and oxygen atoms in total. The summed E-state index contributed by atoms with van der Waals surface area (Å²) in [7, 11) is 0. The molecule has 2 atom stereocenters. The Kier molecular flexibility index (Phi) is 5.62. The van der Waals surface area contributed by atoms with E-state index >= 15 is 0 Å². The Labute approximate surface area is 159 Å². The lowest BCUT2D eigenvalue weighted by molar-refractivity contribution is 0.0954. The van der Waals surface area contributed by atoms with Crippen LogP contribution < -0.4 is 4.90 Å². The third-order valence-corrected chi connectivity index (χ3v) is 5.17. The fraction of sp³-hybridized carbons (Fsp3) is 0.333. The van der Waals surface area contributed by atoms with Crippen LogP contribution in [-0.4, -0.2) is 28.9 Å². The van der Waals surface area contributed by atoms with Crippen LogP contribution in [0.25, 0.3) is 0 Å². The highest BCUT2D eigenvalue weighted by Crippen LogP contribution is 2.27. The maximum absolute atomic E-state index is 13.4. The lowest BCUT2D eigenvalue weighted by Crippen LogP contribution is -2.55. The number of rotatable bonds is 2. The second kappa shape index (κ2) is 7.92. The summed E-state index contributed by atoms with van der Waals surface area (Å²) in [6.07, 6.45) is 3.00. The number of para-hydroxylation sites is 1. The molecule has 1 heterocycles. The number of urea groups is 1. The van der Waals surface area contributed by atoms with Crippen LogP contribution in [0.2, 0.25) is 5.02 Å². The van der Waals surface area contributed by atoms with E-state index in [2.05, 4.69) is 0 Å². The van der Waals surface area contributed by atoms with Crippen molar-refractivity contribution in [1.82, 2.24) is 4.90 Å². The molecule has 0 radical (unpaired) electrons. The van der Waals surface area contributed by atoms with Crippen LogP contribution in [0, 0.1) is 0 Å². The van der Waals surface area contributed by atoms with E-state index in [-0.39, 0.29) is 24.0 Å². The van der Waals surface area contributed by atoms with Gasteiger partial charge in [-0.2, -0.15) is 0 Å². The first kappa shape index (κ1) is 18.5. The lowest BCUT2D eigenvalue weighted by Gasteiger charge is -2.41. The SMILES string of the molecule is C[C@@H]1CCC[C@H](C)N1C(=O)N(C(=O)c1ccc(Cl)cc1)c1ccccc1. The predicted octanol–water partition coefficient (Wildman–Crippen LogP) is 5.37. The van der Waals surface area contributed by atoms with E-state index in [1.807, 2.05) is 36.9 Å². The standard InChI is InChI=1S/C21H23ClN2O2/c1-15-7-6-8-16(2)23(15)21(26)24(19-9-4-3-5-10-19)20(25)17-11-13-18(22)14-12-17/h3-5,9-16H,6-8H2,1-2H3/t15-,16+. The van der Waals surface area contributed by atoms with Gasteiger partial charge in [0.15, 0.2) is 0 Å². The molecule has 1 fully saturated rings. The molecule has 1 aliphatic heterocycles. The summed E-state index contributed by atoms with van der Waals surface area (Å²) in [4.78, 5) is 29.7. The number of amides is 3. The fourth-order valence-electron chi connectivity index (χ4n) is 3.53. The largest absolute Gasteiger partial charge is 0.332 e. The zero-order valence-electron chi connectivity index (χ0n) is 15.1. The summed E-state index contributed by atoms with van der Waals surface area (Å²) in [6.45, 7) is 4.09. The Bertz CT molecular complexity index is 766. The van der Waals surface area contributed by atoms with Gasteiger partial charge < -0.3 is 4.90 Å². The van der Waals surface area contributed by atoms with E-state index in [1.165, 1.54) is 4.90 Å². The quantitative estimate of drug-likeness (QED) is 0.713. The molecule has 2 aromatic carbocycles. The van der Waals surface area contributed by atoms with Gasteiger partial charge in [0, 0.05) is 22.7 Å². The van der Waals surface area contributed by atoms with Crippen molar-refractivity contribution in [3.63, 3.8) is 0 Å². The number of imide groups is 1. The number of anilines is 1. The monoisotopic (exact) mass is 370 g/mol. The molecule has 3 rings (SSSR count). The average molecular weight is 371 g/mol. The highest BCUT2D eigenvalue weighted by Gasteiger charge is 2.35. The molecule has 136 valence electrons. The Hall–Kier alpha value is -2.33. The first-order valence-corrected chi connectivity index (χ1v) is 9.34. The van der Waals surface area contributed by atoms with Crippen LogP contribution in [0.1, 0.15) is 43.5 Å². The number of piperidine rings is 1. The minimum Gasteiger partial charge on any atom is -0.319 e. The molecule has 0 N–H and O–H groups in total. The van der Waals surface area contributed by atoms with Gasteiger partial charge in [0.05, 0.1) is 5.69 Å². The van der Waals surface area contributed by atoms with Crippen LogP contribution in [0.5, 0.6) is 0 Å². The van der Waals surface area contributed by atoms with Gasteiger partial charge in [0.2, 0.25) is 0 Å². The zero-order valence-corrected chi connectivity index (χ0v) is 15.8. The minimum absolute atomic E-state index is 0.107. The lowest BCUT2D eigenvalue weighted by atomic mass is 9.98. The van der Waals surface area contributed by atoms with Gasteiger partial charge in [-0.1, -0.05) is 29.8 Å². The molecular formula is C21H23ClN2O2. The Balaban J connectivity index is 1.99. The van der Waals surface area contributed by atoms with Gasteiger partial charge in [0.1, 0.15) is 0 Å². The van der Waals surface area contributed by atoms with E-state index in [9.17, 15) is 9.59 Å². The molecule has 26 heavy (non-hydrogen) atoms. The van der Waals surface area contributed by atoms with Gasteiger partial charge in [-0.15, -0.1) is 0 Å². The van der Waals surface area contributed by atoms with Gasteiger partial charge in [-0.3, -0.25) is 4.79 Å². The molecule has 1 saturated heterocycles. The number of hydrogen-bond donors (Lipinski definition) is 0. The summed E-state index contributed by atoms with van der Waals surface area (Å²) < 4.78 is 0. The number of benzene rings is 2. The van der Waals surface area contributed by atoms with Crippen LogP contribution in [0.4, 0.5) is 10.5 Å². The van der Waals surface area contributed by atoms with Crippen LogP contribution in [-0.2, 0) is 0 Å². The molecular weight excluding hydrogens is 348 g/mol. The summed E-state index contributed by atoms with van der Waals surface area (Å²) in [5.41, 5.74) is 1.01. The van der Waals surface area contributed by atoms with Crippen molar-refractivity contribution in [1.29, 1.82) is 0 Å². The molecule has 5 heteroatoms. The number of hydrogen-bond acceptors (Lipinski definition) is 2. The highest BCUT2D eigenvalue weighted by molar-refractivity contribution is 6.30. The van der Waals surface area contributed by atoms with Gasteiger partial charge in [-0.05, 0) is 69.5 Å². The van der Waals surface area contributed by atoms with Crippen molar-refractivity contribution in [2.75, 3.05) is 4.90 Å². The summed E-state index contributed by atoms with van der Waals surface area (Å²) in [5.74, 6) is -0.345. The number of carbonyl (C=O) groups excluding carboxylic acids is 2. The maximum atomic E-state index is 13.4. The molecule has 2 aromatic rings. The molecule has 1 aliphatic rings. The molecule has 0 unspecified atom stereocenters. The van der Waals surface area contributed by atoms with Crippen LogP contribution >= 0.6 is 11.6 Å². The predicted molar refractivity (Wildman–Crippen MR) is 105 cm³/mol. The third kappa shape index (κ3) is 3.75. The number of likely N-dealkylation sites (tertiary alicyclic amines) is 1. The molecule has 0 aliphatic carbocycles. The van der Waals surface area contributed by atoms with Crippen LogP contribution in [0.15, 0.2) is 54.6 Å². The summed E-state index contributed by atoms with van der Waals surface area (Å²) in [5, 5.41) is 0.553. The first-order chi connectivity index (χ1) is 12.5. The molecule has 3 amide bonds. The second-order valence-corrected chi connectivity index (χ2v) is 7.24. The van der Waals surface area contributed by atoms with Crippen molar-refractivity contribution in [2.24, 2.45) is 0 Å². The van der Waals surface area contributed by atoms with E-state index < -0.39 is 0 Å². The number of carbonyl (C=O) groups is 2. The van der Waals surface area contributed by atoms with Gasteiger partial charge >= 0.3 is 6.03 Å². The zero-order chi connectivity index (χ0) is 18.7. The molecule has 0 spiro atoms. The molecule has 0 bridgehead atoms. The van der Waals surface area contributed by atoms with Crippen LogP contribution in [0.3, 0.4) is 0 Å². The third-order valence-electron chi connectivity index (χ3n) is 4.91. The van der Waals surface area contributed by atoms with Gasteiger partial charge in [0.25, 0.3) is 5.91 Å². The van der Waals surface area contributed by atoms with E-state index in [0.29, 0.717) is 16.3 Å².